The number of hydrogen-bond acceptors (Lipinski definition) is 3. The predicted octanol–water partition coefficient (Wildman–Crippen LogP) is 4.93. The molecular weight excluding hydrogens is 310 g/mol. The molecule has 1 heterocycles. The van der Waals surface area contributed by atoms with E-state index in [1.54, 1.807) is 0 Å². The van der Waals surface area contributed by atoms with Crippen molar-refractivity contribution in [2.24, 2.45) is 22.7 Å². The Labute approximate surface area is 155 Å². The van der Waals surface area contributed by atoms with Gasteiger partial charge in [0.15, 0.2) is 0 Å². The Bertz CT molecular complexity index is 451. The molecule has 0 spiro atoms. The van der Waals surface area contributed by atoms with Crippen molar-refractivity contribution >= 4 is 5.78 Å². The van der Waals surface area contributed by atoms with Gasteiger partial charge in [-0.1, -0.05) is 41.0 Å². The van der Waals surface area contributed by atoms with Gasteiger partial charge in [0.1, 0.15) is 5.78 Å². The summed E-state index contributed by atoms with van der Waals surface area (Å²) in [7, 11) is 0. The summed E-state index contributed by atoms with van der Waals surface area (Å²) in [4.78, 5) is 15.6. The smallest absolute Gasteiger partial charge is 0.142 e. The van der Waals surface area contributed by atoms with Gasteiger partial charge in [-0.3, -0.25) is 9.69 Å². The Morgan fingerprint density at radius 1 is 1.20 bits per heavy atom. The third-order valence-corrected chi connectivity index (χ3v) is 7.21. The van der Waals surface area contributed by atoms with Gasteiger partial charge in [-0.15, -0.1) is 0 Å². The number of morpholine rings is 1. The molecule has 1 aliphatic carbocycles. The third-order valence-electron chi connectivity index (χ3n) is 7.21. The molecule has 3 nitrogen and oxygen atoms in total. The first kappa shape index (κ1) is 20.9. The summed E-state index contributed by atoms with van der Waals surface area (Å²) in [5, 5.41) is 0. The van der Waals surface area contributed by atoms with Crippen molar-refractivity contribution in [3.8, 4) is 0 Å². The number of hydrogen-bond donors (Lipinski definition) is 0. The highest BCUT2D eigenvalue weighted by molar-refractivity contribution is 5.87. The minimum atomic E-state index is -0.0145. The molecule has 0 aromatic rings. The molecule has 2 fully saturated rings. The van der Waals surface area contributed by atoms with Gasteiger partial charge in [-0.2, -0.15) is 0 Å². The Balaban J connectivity index is 1.91. The van der Waals surface area contributed by atoms with Crippen LogP contribution in [0.1, 0.15) is 80.6 Å². The Morgan fingerprint density at radius 2 is 1.84 bits per heavy atom. The Morgan fingerprint density at radius 3 is 2.32 bits per heavy atom. The van der Waals surface area contributed by atoms with E-state index in [1.807, 2.05) is 0 Å². The van der Waals surface area contributed by atoms with Crippen molar-refractivity contribution in [2.75, 3.05) is 19.7 Å². The quantitative estimate of drug-likeness (QED) is 0.621. The van der Waals surface area contributed by atoms with Crippen molar-refractivity contribution < 1.29 is 9.53 Å². The predicted molar refractivity (Wildman–Crippen MR) is 105 cm³/mol. The highest BCUT2D eigenvalue weighted by Crippen LogP contribution is 2.50. The zero-order valence-corrected chi connectivity index (χ0v) is 17.7. The maximum atomic E-state index is 13.1. The van der Waals surface area contributed by atoms with Crippen molar-refractivity contribution in [2.45, 2.75) is 92.7 Å². The highest BCUT2D eigenvalue weighted by atomic mass is 16.5. The normalized spacial score (nSPS) is 25.9. The van der Waals surface area contributed by atoms with Gasteiger partial charge in [0, 0.05) is 30.5 Å². The van der Waals surface area contributed by atoms with E-state index in [2.05, 4.69) is 53.4 Å². The SMILES string of the molecule is CC(CCC(C)(C)C1CN(C(C)C)CCO1)C(=O)C1(C(C)C)CCC1. The fraction of sp³-hybridized carbons (Fsp3) is 0.955. The minimum Gasteiger partial charge on any atom is -0.375 e. The molecule has 2 aliphatic rings. The van der Waals surface area contributed by atoms with Crippen LogP contribution in [0.3, 0.4) is 0 Å². The molecule has 3 heteroatoms. The fourth-order valence-corrected chi connectivity index (χ4v) is 4.65. The van der Waals surface area contributed by atoms with Crippen molar-refractivity contribution in [3.63, 3.8) is 0 Å². The van der Waals surface area contributed by atoms with E-state index in [0.29, 0.717) is 17.7 Å². The lowest BCUT2D eigenvalue weighted by Crippen LogP contribution is -2.51. The standard InChI is InChI=1S/C22H41NO2/c1-16(2)22(10-8-11-22)20(24)18(5)9-12-21(6,7)19-15-23(17(3)4)13-14-25-19/h16-19H,8-15H2,1-7H3. The van der Waals surface area contributed by atoms with Crippen LogP contribution >= 0.6 is 0 Å². The van der Waals surface area contributed by atoms with E-state index in [1.165, 1.54) is 6.42 Å². The summed E-state index contributed by atoms with van der Waals surface area (Å²) in [5.41, 5.74) is 0.103. The zero-order chi connectivity index (χ0) is 18.8. The van der Waals surface area contributed by atoms with E-state index in [4.69, 9.17) is 4.74 Å². The lowest BCUT2D eigenvalue weighted by atomic mass is 9.57. The van der Waals surface area contributed by atoms with Crippen LogP contribution in [0.5, 0.6) is 0 Å². The average Bonchev–Trinajstić information content (AvgIpc) is 2.51. The summed E-state index contributed by atoms with van der Waals surface area (Å²) in [6, 6.07) is 0.576. The van der Waals surface area contributed by atoms with E-state index in [0.717, 1.165) is 45.4 Å². The van der Waals surface area contributed by atoms with Gasteiger partial charge in [0.25, 0.3) is 0 Å². The van der Waals surface area contributed by atoms with Gasteiger partial charge in [0.2, 0.25) is 0 Å². The van der Waals surface area contributed by atoms with Crippen LogP contribution in [0, 0.1) is 22.7 Å². The molecule has 1 saturated carbocycles. The highest BCUT2D eigenvalue weighted by Gasteiger charge is 2.47. The molecule has 0 bridgehead atoms. The Kier molecular flexibility index (Phi) is 6.76. The van der Waals surface area contributed by atoms with Gasteiger partial charge >= 0.3 is 0 Å². The molecule has 2 unspecified atom stereocenters. The molecule has 0 radical (unpaired) electrons. The molecule has 2 atom stereocenters. The maximum Gasteiger partial charge on any atom is 0.142 e. The molecule has 0 N–H and O–H groups in total. The fourth-order valence-electron chi connectivity index (χ4n) is 4.65. The number of ketones is 1. The van der Waals surface area contributed by atoms with E-state index < -0.39 is 0 Å². The summed E-state index contributed by atoms with van der Waals surface area (Å²) < 4.78 is 6.13. The van der Waals surface area contributed by atoms with Crippen LogP contribution in [0.4, 0.5) is 0 Å². The molecule has 25 heavy (non-hydrogen) atoms. The lowest BCUT2D eigenvalue weighted by Gasteiger charge is -2.46. The lowest BCUT2D eigenvalue weighted by molar-refractivity contribution is -0.142. The van der Waals surface area contributed by atoms with E-state index in [-0.39, 0.29) is 22.9 Å². The van der Waals surface area contributed by atoms with E-state index in [9.17, 15) is 4.79 Å². The number of nitrogens with zero attached hydrogens (tertiary/aromatic N) is 1. The molecule has 0 aromatic heterocycles. The summed E-state index contributed by atoms with van der Waals surface area (Å²) in [6.07, 6.45) is 5.75. The zero-order valence-electron chi connectivity index (χ0n) is 17.7. The second-order valence-electron chi connectivity index (χ2n) is 9.91. The first-order valence-electron chi connectivity index (χ1n) is 10.5. The van der Waals surface area contributed by atoms with Crippen LogP contribution in [-0.2, 0) is 9.53 Å². The van der Waals surface area contributed by atoms with Gasteiger partial charge in [-0.05, 0) is 50.9 Å². The number of Topliss-reactive ketones (excluding diaryl/α,β-unsaturated/α-hetero) is 1. The van der Waals surface area contributed by atoms with Crippen molar-refractivity contribution in [3.05, 3.63) is 0 Å². The first-order chi connectivity index (χ1) is 11.6. The van der Waals surface area contributed by atoms with Crippen molar-refractivity contribution in [1.29, 1.82) is 0 Å². The molecule has 1 aliphatic heterocycles. The van der Waals surface area contributed by atoms with Crippen molar-refractivity contribution in [1.82, 2.24) is 4.90 Å². The third kappa shape index (κ3) is 4.47. The van der Waals surface area contributed by atoms with Gasteiger partial charge < -0.3 is 4.74 Å². The second kappa shape index (κ2) is 8.08. The first-order valence-corrected chi connectivity index (χ1v) is 10.5. The van der Waals surface area contributed by atoms with Crippen LogP contribution in [-0.4, -0.2) is 42.5 Å². The molecule has 0 aromatic carbocycles. The van der Waals surface area contributed by atoms with Crippen LogP contribution in [0.15, 0.2) is 0 Å². The monoisotopic (exact) mass is 351 g/mol. The number of carbonyl (C=O) groups is 1. The average molecular weight is 352 g/mol. The Hall–Kier alpha value is -0.410. The summed E-state index contributed by atoms with van der Waals surface area (Å²) in [5.74, 6) is 1.18. The van der Waals surface area contributed by atoms with Gasteiger partial charge in [-0.25, -0.2) is 0 Å². The largest absolute Gasteiger partial charge is 0.375 e. The topological polar surface area (TPSA) is 29.5 Å². The second-order valence-corrected chi connectivity index (χ2v) is 9.91. The summed E-state index contributed by atoms with van der Waals surface area (Å²) >= 11 is 0. The number of rotatable bonds is 8. The van der Waals surface area contributed by atoms with Gasteiger partial charge in [0.05, 0.1) is 12.7 Å². The van der Waals surface area contributed by atoms with E-state index >= 15 is 0 Å². The maximum absolute atomic E-state index is 13.1. The molecule has 146 valence electrons. The number of ether oxygens (including phenoxy) is 1. The molecule has 0 amide bonds. The molecule has 1 saturated heterocycles. The van der Waals surface area contributed by atoms with Crippen LogP contribution in [0.25, 0.3) is 0 Å². The molecular formula is C22H41NO2. The summed E-state index contributed by atoms with van der Waals surface area (Å²) in [6.45, 7) is 18.7. The minimum absolute atomic E-state index is 0.0145. The van der Waals surface area contributed by atoms with Crippen LogP contribution in [0.2, 0.25) is 0 Å². The molecule has 2 rings (SSSR count). The number of carbonyl (C=O) groups excluding carboxylic acids is 1. The van der Waals surface area contributed by atoms with Crippen LogP contribution < -0.4 is 0 Å².